The van der Waals surface area contributed by atoms with Gasteiger partial charge in [-0.05, 0) is 63.9 Å². The number of rotatable bonds is 7. The number of aromatic nitrogens is 3. The topological polar surface area (TPSA) is 69.8 Å². The number of nitrogens with zero attached hydrogens (tertiary/aromatic N) is 5. The third kappa shape index (κ3) is 6.31. The summed E-state index contributed by atoms with van der Waals surface area (Å²) in [5, 5.41) is 15.2. The number of nitrogens with one attached hydrogen (secondary N) is 2. The van der Waals surface area contributed by atoms with Crippen LogP contribution in [0.25, 0.3) is 5.65 Å². The molecule has 3 rings (SSSR count). The minimum atomic E-state index is 0. The third-order valence-corrected chi connectivity index (χ3v) is 5.11. The molecule has 1 fully saturated rings. The molecule has 2 aromatic heterocycles. The lowest BCUT2D eigenvalue weighted by atomic mass is 9.93. The molecule has 0 aromatic carbocycles. The van der Waals surface area contributed by atoms with Crippen LogP contribution in [0.3, 0.4) is 0 Å². The van der Waals surface area contributed by atoms with Gasteiger partial charge in [0, 0.05) is 19.3 Å². The van der Waals surface area contributed by atoms with Gasteiger partial charge in [-0.1, -0.05) is 13.0 Å². The van der Waals surface area contributed by atoms with Gasteiger partial charge in [0.15, 0.2) is 17.4 Å². The minimum Gasteiger partial charge on any atom is -0.357 e. The van der Waals surface area contributed by atoms with Crippen LogP contribution >= 0.6 is 24.0 Å². The predicted octanol–water partition coefficient (Wildman–Crippen LogP) is 2.52. The normalized spacial score (nSPS) is 16.3. The van der Waals surface area contributed by atoms with Gasteiger partial charge >= 0.3 is 0 Å². The van der Waals surface area contributed by atoms with Gasteiger partial charge in [-0.15, -0.1) is 34.2 Å². The average Bonchev–Trinajstić information content (AvgIpc) is 3.10. The Balaban J connectivity index is 0.00000261. The van der Waals surface area contributed by atoms with E-state index in [1.807, 2.05) is 28.8 Å². The number of aliphatic imine (C=N–C) groups is 1. The highest BCUT2D eigenvalue weighted by atomic mass is 127. The first kappa shape index (κ1) is 21.9. The Labute approximate surface area is 179 Å². The second kappa shape index (κ2) is 11.4. The van der Waals surface area contributed by atoms with Crippen LogP contribution in [0.15, 0.2) is 29.4 Å². The van der Waals surface area contributed by atoms with Gasteiger partial charge in [0.25, 0.3) is 0 Å². The summed E-state index contributed by atoms with van der Waals surface area (Å²) in [4.78, 5) is 7.22. The highest BCUT2D eigenvalue weighted by Crippen LogP contribution is 2.19. The minimum absolute atomic E-state index is 0. The van der Waals surface area contributed by atoms with Crippen molar-refractivity contribution in [1.82, 2.24) is 30.1 Å². The zero-order valence-corrected chi connectivity index (χ0v) is 18.7. The lowest BCUT2D eigenvalue weighted by Crippen LogP contribution is -2.39. The Morgan fingerprint density at radius 1 is 1.19 bits per heavy atom. The van der Waals surface area contributed by atoms with Crippen LogP contribution in [0.5, 0.6) is 0 Å². The maximum Gasteiger partial charge on any atom is 0.191 e. The molecule has 0 aliphatic carbocycles. The van der Waals surface area contributed by atoms with Crippen LogP contribution in [0.1, 0.15) is 38.9 Å². The average molecular weight is 485 g/mol. The van der Waals surface area contributed by atoms with E-state index in [1.165, 1.54) is 38.9 Å². The van der Waals surface area contributed by atoms with Crippen molar-refractivity contribution in [3.05, 3.63) is 30.2 Å². The van der Waals surface area contributed by atoms with Crippen LogP contribution in [0, 0.1) is 5.92 Å². The molecule has 0 spiro atoms. The quantitative estimate of drug-likeness (QED) is 0.359. The first-order valence-electron chi connectivity index (χ1n) is 9.83. The van der Waals surface area contributed by atoms with E-state index >= 15 is 0 Å². The van der Waals surface area contributed by atoms with E-state index in [0.29, 0.717) is 6.54 Å². The van der Waals surface area contributed by atoms with Crippen LogP contribution in [0.2, 0.25) is 0 Å². The Morgan fingerprint density at radius 2 is 2.00 bits per heavy atom. The molecule has 1 aliphatic heterocycles. The highest BCUT2D eigenvalue weighted by Gasteiger charge is 2.17. The smallest absolute Gasteiger partial charge is 0.191 e. The van der Waals surface area contributed by atoms with Crippen molar-refractivity contribution in [2.45, 2.75) is 39.7 Å². The Kier molecular flexibility index (Phi) is 9.26. The summed E-state index contributed by atoms with van der Waals surface area (Å²) in [6, 6.07) is 5.90. The summed E-state index contributed by atoms with van der Waals surface area (Å²) < 4.78 is 1.98. The van der Waals surface area contributed by atoms with Crippen LogP contribution in [-0.2, 0) is 6.54 Å². The number of fused-ring (bicyclic) bond motifs is 1. The Morgan fingerprint density at radius 3 is 2.74 bits per heavy atom. The van der Waals surface area contributed by atoms with Gasteiger partial charge in [0.1, 0.15) is 6.54 Å². The van der Waals surface area contributed by atoms with Gasteiger partial charge in [-0.25, -0.2) is 4.99 Å². The summed E-state index contributed by atoms with van der Waals surface area (Å²) in [5.41, 5.74) is 0.856. The Hall–Kier alpha value is -1.42. The van der Waals surface area contributed by atoms with Crippen molar-refractivity contribution >= 4 is 35.6 Å². The summed E-state index contributed by atoms with van der Waals surface area (Å²) in [5.74, 6) is 2.53. The monoisotopic (exact) mass is 485 g/mol. The first-order valence-corrected chi connectivity index (χ1v) is 9.83. The molecule has 1 aliphatic rings. The number of guanidine groups is 1. The largest absolute Gasteiger partial charge is 0.357 e. The van der Waals surface area contributed by atoms with Gasteiger partial charge in [0.2, 0.25) is 0 Å². The molecule has 150 valence electrons. The van der Waals surface area contributed by atoms with Gasteiger partial charge < -0.3 is 15.5 Å². The summed E-state index contributed by atoms with van der Waals surface area (Å²) in [6.45, 7) is 10.3. The van der Waals surface area contributed by atoms with E-state index in [4.69, 9.17) is 0 Å². The molecule has 0 saturated carbocycles. The fourth-order valence-electron chi connectivity index (χ4n) is 3.48. The Bertz CT molecular complexity index is 707. The second-order valence-electron chi connectivity index (χ2n) is 6.83. The van der Waals surface area contributed by atoms with Crippen LogP contribution < -0.4 is 10.6 Å². The molecule has 8 heteroatoms. The second-order valence-corrected chi connectivity index (χ2v) is 6.83. The molecule has 0 unspecified atom stereocenters. The lowest BCUT2D eigenvalue weighted by molar-refractivity contribution is 0.187. The summed E-state index contributed by atoms with van der Waals surface area (Å²) in [7, 11) is 0. The van der Waals surface area contributed by atoms with Crippen LogP contribution in [0.4, 0.5) is 0 Å². The van der Waals surface area contributed by atoms with Crippen molar-refractivity contribution in [2.24, 2.45) is 10.9 Å². The maximum absolute atomic E-state index is 4.68. The predicted molar refractivity (Wildman–Crippen MR) is 121 cm³/mol. The zero-order chi connectivity index (χ0) is 18.2. The summed E-state index contributed by atoms with van der Waals surface area (Å²) >= 11 is 0. The van der Waals surface area contributed by atoms with E-state index in [9.17, 15) is 0 Å². The van der Waals surface area contributed by atoms with E-state index < -0.39 is 0 Å². The van der Waals surface area contributed by atoms with E-state index in [2.05, 4.69) is 44.6 Å². The molecular formula is C19H32IN7. The molecule has 2 N–H and O–H groups in total. The van der Waals surface area contributed by atoms with Crippen molar-refractivity contribution in [1.29, 1.82) is 0 Å². The van der Waals surface area contributed by atoms with E-state index in [-0.39, 0.29) is 24.0 Å². The number of piperidine rings is 1. The number of likely N-dealkylation sites (tertiary alicyclic amines) is 1. The SMILES string of the molecule is CCNC(=NCc1nnc2ccccn12)NCCC1CCN(CC)CC1.I. The van der Waals surface area contributed by atoms with Gasteiger partial charge in [-0.2, -0.15) is 0 Å². The first-order chi connectivity index (χ1) is 12.8. The summed E-state index contributed by atoms with van der Waals surface area (Å²) in [6.07, 6.45) is 5.81. The van der Waals surface area contributed by atoms with Crippen molar-refractivity contribution in [3.63, 3.8) is 0 Å². The molecule has 0 bridgehead atoms. The number of hydrogen-bond donors (Lipinski definition) is 2. The van der Waals surface area contributed by atoms with Crippen molar-refractivity contribution in [2.75, 3.05) is 32.7 Å². The molecule has 7 nitrogen and oxygen atoms in total. The molecule has 0 radical (unpaired) electrons. The number of halogens is 1. The van der Waals surface area contributed by atoms with Gasteiger partial charge in [-0.3, -0.25) is 4.40 Å². The number of hydrogen-bond acceptors (Lipinski definition) is 4. The molecular weight excluding hydrogens is 453 g/mol. The third-order valence-electron chi connectivity index (χ3n) is 5.11. The maximum atomic E-state index is 4.68. The van der Waals surface area contributed by atoms with E-state index in [0.717, 1.165) is 36.4 Å². The molecule has 2 aromatic rings. The van der Waals surface area contributed by atoms with E-state index in [1.54, 1.807) is 0 Å². The fourth-order valence-corrected chi connectivity index (χ4v) is 3.48. The lowest BCUT2D eigenvalue weighted by Gasteiger charge is -2.31. The van der Waals surface area contributed by atoms with Gasteiger partial charge in [0.05, 0.1) is 0 Å². The molecule has 0 atom stereocenters. The highest BCUT2D eigenvalue weighted by molar-refractivity contribution is 14.0. The molecule has 27 heavy (non-hydrogen) atoms. The standard InChI is InChI=1S/C19H31N7.HI/c1-3-20-19(21-11-8-16-9-13-25(4-2)14-10-16)22-15-18-24-23-17-7-5-6-12-26(17)18;/h5-7,12,16H,3-4,8-11,13-15H2,1-2H3,(H2,20,21,22);1H. The molecule has 1 saturated heterocycles. The fraction of sp³-hybridized carbons (Fsp3) is 0.632. The molecule has 0 amide bonds. The van der Waals surface area contributed by atoms with Crippen molar-refractivity contribution in [3.8, 4) is 0 Å². The van der Waals surface area contributed by atoms with Crippen LogP contribution in [-0.4, -0.2) is 58.2 Å². The van der Waals surface area contributed by atoms with Crippen molar-refractivity contribution < 1.29 is 0 Å². The number of pyridine rings is 1. The molecule has 3 heterocycles. The zero-order valence-electron chi connectivity index (χ0n) is 16.4.